The predicted molar refractivity (Wildman–Crippen MR) is 143 cm³/mol. The zero-order valence-electron chi connectivity index (χ0n) is 21.4. The van der Waals surface area contributed by atoms with Crippen LogP contribution in [-0.4, -0.2) is 67.3 Å². The van der Waals surface area contributed by atoms with Crippen LogP contribution >= 0.6 is 0 Å². The largest absolute Gasteiger partial charge is 0.488 e. The van der Waals surface area contributed by atoms with Crippen LogP contribution in [0.25, 0.3) is 22.4 Å². The molecule has 5 rings (SSSR count). The Hall–Kier alpha value is -4.74. The molecule has 0 fully saturated rings. The number of carbonyl (C=O) groups is 1. The molecule has 11 heteroatoms. The molecule has 0 bridgehead atoms. The van der Waals surface area contributed by atoms with E-state index in [-0.39, 0.29) is 50.8 Å². The average molecular weight is 544 g/mol. The predicted octanol–water partition coefficient (Wildman–Crippen LogP) is 3.19. The first-order valence-electron chi connectivity index (χ1n) is 12.6. The lowest BCUT2D eigenvalue weighted by Gasteiger charge is -2.13. The fourth-order valence-electron chi connectivity index (χ4n) is 4.28. The Morgan fingerprint density at radius 3 is 2.58 bits per heavy atom. The molecule has 0 aliphatic carbocycles. The van der Waals surface area contributed by atoms with Crippen molar-refractivity contribution in [3.05, 3.63) is 101 Å². The van der Waals surface area contributed by atoms with Gasteiger partial charge in [0, 0.05) is 29.8 Å². The second kappa shape index (κ2) is 12.4. The topological polar surface area (TPSA) is 132 Å². The summed E-state index contributed by atoms with van der Waals surface area (Å²) in [6.07, 6.45) is 4.61. The Morgan fingerprint density at radius 1 is 0.950 bits per heavy atom. The monoisotopic (exact) mass is 543 g/mol. The number of pyridine rings is 1. The van der Waals surface area contributed by atoms with Crippen molar-refractivity contribution < 1.29 is 28.9 Å². The van der Waals surface area contributed by atoms with Gasteiger partial charge in [0.15, 0.2) is 11.6 Å². The highest BCUT2D eigenvalue weighted by atomic mass is 19.1. The van der Waals surface area contributed by atoms with E-state index >= 15 is 0 Å². The molecule has 2 aromatic carbocycles. The molecule has 0 aliphatic rings. The minimum atomic E-state index is -0.623. The molecule has 0 amide bonds. The summed E-state index contributed by atoms with van der Waals surface area (Å²) in [5.41, 5.74) is 3.03. The first kappa shape index (κ1) is 26.9. The summed E-state index contributed by atoms with van der Waals surface area (Å²) in [6.45, 7) is -0.405. The van der Waals surface area contributed by atoms with Crippen LogP contribution in [-0.2, 0) is 17.7 Å². The average Bonchev–Trinajstić information content (AvgIpc) is 3.35. The van der Waals surface area contributed by atoms with Gasteiger partial charge < -0.3 is 19.7 Å². The van der Waals surface area contributed by atoms with Crippen LogP contribution in [0.2, 0.25) is 0 Å². The van der Waals surface area contributed by atoms with Gasteiger partial charge >= 0.3 is 5.97 Å². The van der Waals surface area contributed by atoms with Crippen molar-refractivity contribution in [3.63, 3.8) is 0 Å². The number of aliphatic hydroxyl groups excluding tert-OH is 2. The van der Waals surface area contributed by atoms with Crippen molar-refractivity contribution in [3.8, 4) is 17.3 Å². The van der Waals surface area contributed by atoms with Crippen molar-refractivity contribution in [1.29, 1.82) is 0 Å². The Balaban J connectivity index is 1.56. The molecule has 0 saturated carbocycles. The summed E-state index contributed by atoms with van der Waals surface area (Å²) in [5, 5.41) is 23.9. The number of halogens is 1. The first-order valence-corrected chi connectivity index (χ1v) is 12.6. The number of rotatable bonds is 11. The molecule has 3 heterocycles. The second-order valence-corrected chi connectivity index (χ2v) is 8.76. The minimum absolute atomic E-state index is 0.0254. The molecule has 0 spiro atoms. The van der Waals surface area contributed by atoms with Crippen molar-refractivity contribution in [2.24, 2.45) is 0 Å². The SMILES string of the molecule is O=C(OCCO)c1cnccc1Cc1nc(-c2nn(Cc3ccccc3F)c3ccccc23)ncc1OCCO. The minimum Gasteiger partial charge on any atom is -0.488 e. The van der Waals surface area contributed by atoms with Crippen molar-refractivity contribution in [2.75, 3.05) is 26.4 Å². The van der Waals surface area contributed by atoms with Gasteiger partial charge in [0.2, 0.25) is 0 Å². The highest BCUT2D eigenvalue weighted by Gasteiger charge is 2.20. The fraction of sp³-hybridized carbons (Fsp3) is 0.207. The van der Waals surface area contributed by atoms with Crippen LogP contribution in [0, 0.1) is 5.82 Å². The van der Waals surface area contributed by atoms with Crippen LogP contribution in [0.5, 0.6) is 5.75 Å². The quantitative estimate of drug-likeness (QED) is 0.241. The molecule has 5 aromatic rings. The summed E-state index contributed by atoms with van der Waals surface area (Å²) in [5.74, 6) is -0.298. The van der Waals surface area contributed by atoms with Crippen molar-refractivity contribution in [2.45, 2.75) is 13.0 Å². The van der Waals surface area contributed by atoms with Crippen LogP contribution in [0.15, 0.2) is 73.2 Å². The summed E-state index contributed by atoms with van der Waals surface area (Å²) in [4.78, 5) is 25.9. The van der Waals surface area contributed by atoms with E-state index in [0.717, 1.165) is 10.9 Å². The van der Waals surface area contributed by atoms with E-state index in [2.05, 4.69) is 9.97 Å². The van der Waals surface area contributed by atoms with Crippen molar-refractivity contribution >= 4 is 16.9 Å². The van der Waals surface area contributed by atoms with Crippen LogP contribution in [0.4, 0.5) is 4.39 Å². The summed E-state index contributed by atoms with van der Waals surface area (Å²) >= 11 is 0. The third-order valence-electron chi connectivity index (χ3n) is 6.14. The first-order chi connectivity index (χ1) is 19.6. The van der Waals surface area contributed by atoms with E-state index in [1.54, 1.807) is 35.1 Å². The molecule has 10 nitrogen and oxygen atoms in total. The summed E-state index contributed by atoms with van der Waals surface area (Å²) in [7, 11) is 0. The fourth-order valence-corrected chi connectivity index (χ4v) is 4.28. The standard InChI is InChI=1S/C29H26FN5O5/c30-23-7-3-1-5-20(23)18-35-25-8-4-2-6-21(25)27(34-35)28-32-17-26(39-13-11-36)24(33-28)15-19-9-10-31-16-22(19)29(38)40-14-12-37/h1-10,16-17,36-37H,11-15,18H2. The van der Waals surface area contributed by atoms with Crippen LogP contribution in [0.1, 0.15) is 27.2 Å². The molecular weight excluding hydrogens is 517 g/mol. The number of esters is 1. The maximum absolute atomic E-state index is 14.4. The lowest BCUT2D eigenvalue weighted by Crippen LogP contribution is -2.13. The number of nitrogens with zero attached hydrogens (tertiary/aromatic N) is 5. The van der Waals surface area contributed by atoms with Gasteiger partial charge in [-0.25, -0.2) is 19.2 Å². The molecule has 2 N–H and O–H groups in total. The molecule has 3 aromatic heterocycles. The number of aliphatic hydroxyl groups is 2. The maximum Gasteiger partial charge on any atom is 0.340 e. The number of para-hydroxylation sites is 1. The van der Waals surface area contributed by atoms with E-state index in [1.807, 2.05) is 24.3 Å². The highest BCUT2D eigenvalue weighted by molar-refractivity contribution is 5.92. The Bertz CT molecular complexity index is 1640. The van der Waals surface area contributed by atoms with Crippen LogP contribution < -0.4 is 4.74 Å². The lowest BCUT2D eigenvalue weighted by molar-refractivity contribution is 0.0432. The third-order valence-corrected chi connectivity index (χ3v) is 6.14. The maximum atomic E-state index is 14.4. The molecule has 0 atom stereocenters. The van der Waals surface area contributed by atoms with E-state index in [0.29, 0.717) is 34.1 Å². The Morgan fingerprint density at radius 2 is 1.75 bits per heavy atom. The van der Waals surface area contributed by atoms with Gasteiger partial charge in [-0.2, -0.15) is 5.10 Å². The number of ether oxygens (including phenoxy) is 2. The van der Waals surface area contributed by atoms with Gasteiger partial charge in [0.25, 0.3) is 0 Å². The zero-order chi connectivity index (χ0) is 27.9. The van der Waals surface area contributed by atoms with Crippen molar-refractivity contribution in [1.82, 2.24) is 24.7 Å². The molecule has 0 aliphatic heterocycles. The summed E-state index contributed by atoms with van der Waals surface area (Å²) in [6, 6.07) is 15.8. The zero-order valence-corrected chi connectivity index (χ0v) is 21.4. The van der Waals surface area contributed by atoms with Gasteiger partial charge in [-0.15, -0.1) is 0 Å². The number of hydrogen-bond acceptors (Lipinski definition) is 9. The number of hydrogen-bond donors (Lipinski definition) is 2. The molecule has 0 unspecified atom stereocenters. The van der Waals surface area contributed by atoms with E-state index in [9.17, 15) is 14.3 Å². The van der Waals surface area contributed by atoms with Crippen LogP contribution in [0.3, 0.4) is 0 Å². The van der Waals surface area contributed by atoms with E-state index in [4.69, 9.17) is 24.7 Å². The molecule has 0 radical (unpaired) electrons. The van der Waals surface area contributed by atoms with Gasteiger partial charge in [0.05, 0.1) is 42.7 Å². The second-order valence-electron chi connectivity index (χ2n) is 8.76. The Labute approximate surface area is 228 Å². The summed E-state index contributed by atoms with van der Waals surface area (Å²) < 4.78 is 26.9. The van der Waals surface area contributed by atoms with Gasteiger partial charge in [0.1, 0.15) is 24.7 Å². The van der Waals surface area contributed by atoms with Gasteiger partial charge in [-0.05, 0) is 23.8 Å². The smallest absolute Gasteiger partial charge is 0.340 e. The molecule has 0 saturated heterocycles. The Kier molecular flexibility index (Phi) is 8.33. The third kappa shape index (κ3) is 5.80. The lowest BCUT2D eigenvalue weighted by atomic mass is 10.0. The van der Waals surface area contributed by atoms with Gasteiger partial charge in [-0.3, -0.25) is 9.67 Å². The number of carbonyl (C=O) groups excluding carboxylic acids is 1. The number of benzene rings is 2. The normalized spacial score (nSPS) is 11.1. The van der Waals surface area contributed by atoms with Gasteiger partial charge in [-0.1, -0.05) is 36.4 Å². The molecular formula is C29H26FN5O5. The molecule has 204 valence electrons. The molecule has 40 heavy (non-hydrogen) atoms. The van der Waals surface area contributed by atoms with E-state index < -0.39 is 5.97 Å². The highest BCUT2D eigenvalue weighted by Crippen LogP contribution is 2.29. The number of fused-ring (bicyclic) bond motifs is 1. The van der Waals surface area contributed by atoms with E-state index in [1.165, 1.54) is 18.5 Å². The number of aromatic nitrogens is 5.